The molecule has 6 heteroatoms. The molecule has 2 heterocycles. The summed E-state index contributed by atoms with van der Waals surface area (Å²) in [6, 6.07) is 12.2. The van der Waals surface area contributed by atoms with Crippen molar-refractivity contribution in [1.29, 1.82) is 0 Å². The number of amides is 1. The zero-order valence-corrected chi connectivity index (χ0v) is 14.4. The summed E-state index contributed by atoms with van der Waals surface area (Å²) in [5, 5.41) is 6.92. The quantitative estimate of drug-likeness (QED) is 0.745. The number of fused-ring (bicyclic) bond motifs is 1. The molecular weight excluding hydrogens is 337 g/mol. The van der Waals surface area contributed by atoms with Crippen LogP contribution >= 0.6 is 11.3 Å². The Morgan fingerprint density at radius 3 is 2.96 bits per heavy atom. The van der Waals surface area contributed by atoms with E-state index < -0.39 is 0 Å². The number of para-hydroxylation sites is 1. The van der Waals surface area contributed by atoms with E-state index in [1.807, 2.05) is 24.3 Å². The molecule has 0 saturated carbocycles. The lowest BCUT2D eigenvalue weighted by Gasteiger charge is -2.22. The molecule has 4 nitrogen and oxygen atoms in total. The lowest BCUT2D eigenvalue weighted by molar-refractivity contribution is -0.120. The molecule has 0 aliphatic carbocycles. The molecule has 2 aromatic carbocycles. The molecule has 0 radical (unpaired) electrons. The minimum Gasteiger partial charge on any atom is -0.325 e. The molecule has 1 aliphatic rings. The second kappa shape index (κ2) is 6.90. The van der Waals surface area contributed by atoms with Crippen LogP contribution in [0.1, 0.15) is 12.8 Å². The van der Waals surface area contributed by atoms with Crippen LogP contribution in [0, 0.1) is 11.7 Å². The van der Waals surface area contributed by atoms with Crippen LogP contribution in [0.25, 0.3) is 20.8 Å². The SMILES string of the molecule is O=C(Nc1ccc(F)cc1-c1nc2ccccc2s1)C1CCCNC1. The van der Waals surface area contributed by atoms with Gasteiger partial charge in [-0.25, -0.2) is 9.37 Å². The van der Waals surface area contributed by atoms with Gasteiger partial charge >= 0.3 is 0 Å². The summed E-state index contributed by atoms with van der Waals surface area (Å²) in [4.78, 5) is 17.1. The van der Waals surface area contributed by atoms with Gasteiger partial charge in [-0.3, -0.25) is 4.79 Å². The summed E-state index contributed by atoms with van der Waals surface area (Å²) >= 11 is 1.49. The highest BCUT2D eigenvalue weighted by Crippen LogP contribution is 2.35. The molecule has 4 rings (SSSR count). The fourth-order valence-corrected chi connectivity index (χ4v) is 4.10. The molecule has 128 valence electrons. The Bertz CT molecular complexity index is 885. The third-order valence-electron chi connectivity index (χ3n) is 4.43. The molecular formula is C19H18FN3OS. The van der Waals surface area contributed by atoms with E-state index in [1.165, 1.54) is 23.5 Å². The van der Waals surface area contributed by atoms with Crippen molar-refractivity contribution in [3.05, 3.63) is 48.3 Å². The molecule has 1 saturated heterocycles. The molecule has 1 aliphatic heterocycles. The van der Waals surface area contributed by atoms with Crippen molar-refractivity contribution in [3.8, 4) is 10.6 Å². The summed E-state index contributed by atoms with van der Waals surface area (Å²) in [5.41, 5.74) is 2.11. The number of nitrogens with one attached hydrogen (secondary N) is 2. The molecule has 0 bridgehead atoms. The Kier molecular flexibility index (Phi) is 4.46. The first kappa shape index (κ1) is 16.2. The number of anilines is 1. The zero-order chi connectivity index (χ0) is 17.2. The van der Waals surface area contributed by atoms with E-state index in [2.05, 4.69) is 15.6 Å². The maximum absolute atomic E-state index is 13.8. The standard InChI is InChI=1S/C19H18FN3OS/c20-13-7-8-15(22-18(24)12-4-3-9-21-11-12)14(10-13)19-23-16-5-1-2-6-17(16)25-19/h1-2,5-8,10,12,21H,3-4,9,11H2,(H,22,24). The number of hydrogen-bond donors (Lipinski definition) is 2. The van der Waals surface area contributed by atoms with E-state index in [0.717, 1.165) is 29.6 Å². The van der Waals surface area contributed by atoms with E-state index in [1.54, 1.807) is 6.07 Å². The van der Waals surface area contributed by atoms with Crippen molar-refractivity contribution in [2.75, 3.05) is 18.4 Å². The number of nitrogens with zero attached hydrogens (tertiary/aromatic N) is 1. The minimum atomic E-state index is -0.341. The Balaban J connectivity index is 1.67. The molecule has 2 N–H and O–H groups in total. The Hall–Kier alpha value is -2.31. The number of aromatic nitrogens is 1. The van der Waals surface area contributed by atoms with Gasteiger partial charge in [0.05, 0.1) is 21.8 Å². The fraction of sp³-hybridized carbons (Fsp3) is 0.263. The number of benzene rings is 2. The highest BCUT2D eigenvalue weighted by Gasteiger charge is 2.22. The lowest BCUT2D eigenvalue weighted by Crippen LogP contribution is -2.37. The highest BCUT2D eigenvalue weighted by atomic mass is 32.1. The molecule has 1 unspecified atom stereocenters. The maximum Gasteiger partial charge on any atom is 0.228 e. The molecule has 25 heavy (non-hydrogen) atoms. The van der Waals surface area contributed by atoms with Gasteiger partial charge < -0.3 is 10.6 Å². The topological polar surface area (TPSA) is 54.0 Å². The normalized spacial score (nSPS) is 17.6. The number of thiazole rings is 1. The Morgan fingerprint density at radius 2 is 2.16 bits per heavy atom. The van der Waals surface area contributed by atoms with Crippen LogP contribution < -0.4 is 10.6 Å². The largest absolute Gasteiger partial charge is 0.325 e. The predicted molar refractivity (Wildman–Crippen MR) is 99.2 cm³/mol. The molecule has 1 atom stereocenters. The zero-order valence-electron chi connectivity index (χ0n) is 13.6. The van der Waals surface area contributed by atoms with Crippen LogP contribution in [0.4, 0.5) is 10.1 Å². The minimum absolute atomic E-state index is 0.0267. The van der Waals surface area contributed by atoms with Gasteiger partial charge in [0, 0.05) is 12.1 Å². The highest BCUT2D eigenvalue weighted by molar-refractivity contribution is 7.21. The second-order valence-electron chi connectivity index (χ2n) is 6.21. The average Bonchev–Trinajstić information content (AvgIpc) is 3.08. The third-order valence-corrected chi connectivity index (χ3v) is 5.50. The van der Waals surface area contributed by atoms with Crippen LogP contribution in [-0.4, -0.2) is 24.0 Å². The number of carbonyl (C=O) groups excluding carboxylic acids is 1. The first-order valence-electron chi connectivity index (χ1n) is 8.38. The van der Waals surface area contributed by atoms with E-state index in [9.17, 15) is 9.18 Å². The van der Waals surface area contributed by atoms with Gasteiger partial charge in [-0.15, -0.1) is 11.3 Å². The molecule has 1 fully saturated rings. The van der Waals surface area contributed by atoms with E-state index in [0.29, 0.717) is 22.8 Å². The summed E-state index contributed by atoms with van der Waals surface area (Å²) in [7, 11) is 0. The first-order chi connectivity index (χ1) is 12.2. The van der Waals surface area contributed by atoms with Gasteiger partial charge in [0.15, 0.2) is 0 Å². The molecule has 1 amide bonds. The maximum atomic E-state index is 13.8. The number of halogens is 1. The summed E-state index contributed by atoms with van der Waals surface area (Å²) in [6.07, 6.45) is 1.86. The summed E-state index contributed by atoms with van der Waals surface area (Å²) in [5.74, 6) is -0.422. The monoisotopic (exact) mass is 355 g/mol. The van der Waals surface area contributed by atoms with Crippen molar-refractivity contribution in [2.24, 2.45) is 5.92 Å². The fourth-order valence-electron chi connectivity index (χ4n) is 3.10. The van der Waals surface area contributed by atoms with Crippen LogP contribution in [-0.2, 0) is 4.79 Å². The number of piperidine rings is 1. The van der Waals surface area contributed by atoms with E-state index in [4.69, 9.17) is 0 Å². The van der Waals surface area contributed by atoms with Crippen molar-refractivity contribution in [3.63, 3.8) is 0 Å². The third kappa shape index (κ3) is 3.41. The van der Waals surface area contributed by atoms with Crippen LogP contribution in [0.15, 0.2) is 42.5 Å². The van der Waals surface area contributed by atoms with Gasteiger partial charge in [0.25, 0.3) is 0 Å². The second-order valence-corrected chi connectivity index (χ2v) is 7.24. The number of carbonyl (C=O) groups is 1. The van der Waals surface area contributed by atoms with Gasteiger partial charge in [-0.1, -0.05) is 12.1 Å². The van der Waals surface area contributed by atoms with Gasteiger partial charge in [-0.05, 0) is 49.7 Å². The van der Waals surface area contributed by atoms with Crippen LogP contribution in [0.5, 0.6) is 0 Å². The predicted octanol–water partition coefficient (Wildman–Crippen LogP) is 4.04. The van der Waals surface area contributed by atoms with Crippen molar-refractivity contribution in [2.45, 2.75) is 12.8 Å². The smallest absolute Gasteiger partial charge is 0.228 e. The lowest BCUT2D eigenvalue weighted by atomic mass is 9.98. The first-order valence-corrected chi connectivity index (χ1v) is 9.19. The number of rotatable bonds is 3. The van der Waals surface area contributed by atoms with Crippen molar-refractivity contribution < 1.29 is 9.18 Å². The number of hydrogen-bond acceptors (Lipinski definition) is 4. The van der Waals surface area contributed by atoms with Gasteiger partial charge in [-0.2, -0.15) is 0 Å². The summed E-state index contributed by atoms with van der Waals surface area (Å²) < 4.78 is 14.9. The van der Waals surface area contributed by atoms with E-state index >= 15 is 0 Å². The van der Waals surface area contributed by atoms with Crippen LogP contribution in [0.3, 0.4) is 0 Å². The summed E-state index contributed by atoms with van der Waals surface area (Å²) in [6.45, 7) is 1.64. The van der Waals surface area contributed by atoms with Crippen LogP contribution in [0.2, 0.25) is 0 Å². The van der Waals surface area contributed by atoms with Gasteiger partial charge in [0.2, 0.25) is 5.91 Å². The molecule has 1 aromatic heterocycles. The van der Waals surface area contributed by atoms with E-state index in [-0.39, 0.29) is 17.6 Å². The van der Waals surface area contributed by atoms with Gasteiger partial charge in [0.1, 0.15) is 10.8 Å². The van der Waals surface area contributed by atoms with Crippen molar-refractivity contribution >= 4 is 33.1 Å². The Labute approximate surface area is 149 Å². The molecule has 3 aromatic rings. The van der Waals surface area contributed by atoms with Crippen molar-refractivity contribution in [1.82, 2.24) is 10.3 Å². The average molecular weight is 355 g/mol. The molecule has 0 spiro atoms. The Morgan fingerprint density at radius 1 is 1.28 bits per heavy atom.